The highest BCUT2D eigenvalue weighted by Crippen LogP contribution is 2.30. The van der Waals surface area contributed by atoms with Gasteiger partial charge in [0.05, 0.1) is 14.2 Å². The van der Waals surface area contributed by atoms with Crippen LogP contribution in [0.25, 0.3) is 34.0 Å². The smallest absolute Gasteiger partial charge is 0.326 e. The number of hydrogen-bond acceptors (Lipinski definition) is 6. The van der Waals surface area contributed by atoms with Crippen LogP contribution >= 0.6 is 0 Å². The average molecular weight is 555 g/mol. The van der Waals surface area contributed by atoms with Gasteiger partial charge in [-0.05, 0) is 75.4 Å². The van der Waals surface area contributed by atoms with Gasteiger partial charge in [0, 0.05) is 59.4 Å². The van der Waals surface area contributed by atoms with Crippen molar-refractivity contribution in [3.05, 3.63) is 71.7 Å². The number of benzene rings is 2. The van der Waals surface area contributed by atoms with Gasteiger partial charge in [-0.25, -0.2) is 4.99 Å². The standard InChI is InChI=1S/C32H34N4O5/c1-32(2,3)41-30(37)19-36-29(13-8-20-17-34(4)27-11-9-22(39-6)15-24(20)27)33-26(31(36)38)14-21-18-35(5)28-12-10-23(40-7)16-25(21)28/h8-18H,19H2,1-7H3/b13-8+,26-14-. The third-order valence-electron chi connectivity index (χ3n) is 6.84. The first-order valence-corrected chi connectivity index (χ1v) is 13.3. The van der Waals surface area contributed by atoms with Gasteiger partial charge in [0.15, 0.2) is 0 Å². The van der Waals surface area contributed by atoms with Crippen molar-refractivity contribution in [1.29, 1.82) is 0 Å². The van der Waals surface area contributed by atoms with Crippen molar-refractivity contribution in [3.8, 4) is 11.5 Å². The van der Waals surface area contributed by atoms with E-state index >= 15 is 0 Å². The number of amidine groups is 1. The first-order chi connectivity index (χ1) is 19.5. The molecule has 5 rings (SSSR count). The zero-order chi connectivity index (χ0) is 29.5. The summed E-state index contributed by atoms with van der Waals surface area (Å²) in [6.45, 7) is 5.12. The number of hydrogen-bond donors (Lipinski definition) is 0. The number of aryl methyl sites for hydroxylation is 2. The van der Waals surface area contributed by atoms with E-state index in [0.29, 0.717) is 11.6 Å². The Morgan fingerprint density at radius 3 is 2.00 bits per heavy atom. The summed E-state index contributed by atoms with van der Waals surface area (Å²) in [6.07, 6.45) is 9.33. The fraction of sp³-hybridized carbons (Fsp3) is 0.281. The van der Waals surface area contributed by atoms with Crippen LogP contribution in [0, 0.1) is 0 Å². The highest BCUT2D eigenvalue weighted by Gasteiger charge is 2.32. The number of amides is 1. The fourth-order valence-corrected chi connectivity index (χ4v) is 4.97. The van der Waals surface area contributed by atoms with E-state index in [9.17, 15) is 9.59 Å². The van der Waals surface area contributed by atoms with E-state index in [-0.39, 0.29) is 18.1 Å². The van der Waals surface area contributed by atoms with Crippen LogP contribution in [-0.2, 0) is 28.4 Å². The maximum absolute atomic E-state index is 13.6. The molecular formula is C32H34N4O5. The summed E-state index contributed by atoms with van der Waals surface area (Å²) in [5, 5.41) is 1.92. The number of carbonyl (C=O) groups is 2. The molecule has 0 atom stereocenters. The zero-order valence-corrected chi connectivity index (χ0v) is 24.4. The molecule has 1 amide bonds. The Balaban J connectivity index is 1.56. The van der Waals surface area contributed by atoms with Crippen molar-refractivity contribution in [2.45, 2.75) is 26.4 Å². The highest BCUT2D eigenvalue weighted by atomic mass is 16.6. The van der Waals surface area contributed by atoms with Gasteiger partial charge in [-0.2, -0.15) is 0 Å². The number of aromatic nitrogens is 2. The van der Waals surface area contributed by atoms with Gasteiger partial charge >= 0.3 is 5.97 Å². The van der Waals surface area contributed by atoms with Gasteiger partial charge < -0.3 is 23.3 Å². The van der Waals surface area contributed by atoms with Gasteiger partial charge in [0.25, 0.3) is 5.91 Å². The number of nitrogens with zero attached hydrogens (tertiary/aromatic N) is 4. The zero-order valence-electron chi connectivity index (χ0n) is 24.4. The van der Waals surface area contributed by atoms with E-state index in [1.807, 2.05) is 78.1 Å². The molecule has 0 unspecified atom stereocenters. The second kappa shape index (κ2) is 10.6. The van der Waals surface area contributed by atoms with Crippen molar-refractivity contribution in [2.24, 2.45) is 19.1 Å². The fourth-order valence-electron chi connectivity index (χ4n) is 4.97. The van der Waals surface area contributed by atoms with E-state index in [4.69, 9.17) is 14.2 Å². The lowest BCUT2D eigenvalue weighted by Crippen LogP contribution is -2.39. The third-order valence-corrected chi connectivity index (χ3v) is 6.84. The molecule has 2 aromatic carbocycles. The summed E-state index contributed by atoms with van der Waals surface area (Å²) < 4.78 is 20.4. The van der Waals surface area contributed by atoms with E-state index < -0.39 is 11.6 Å². The van der Waals surface area contributed by atoms with Gasteiger partial charge in [-0.15, -0.1) is 0 Å². The molecule has 212 valence electrons. The maximum atomic E-state index is 13.6. The molecule has 2 aromatic heterocycles. The van der Waals surface area contributed by atoms with Crippen molar-refractivity contribution in [1.82, 2.24) is 14.0 Å². The second-order valence-corrected chi connectivity index (χ2v) is 11.0. The van der Waals surface area contributed by atoms with Crippen molar-refractivity contribution in [2.75, 3.05) is 20.8 Å². The topological polar surface area (TPSA) is 87.3 Å². The molecule has 0 aliphatic carbocycles. The number of methoxy groups -OCH3 is 2. The highest BCUT2D eigenvalue weighted by molar-refractivity contribution is 6.20. The molecule has 41 heavy (non-hydrogen) atoms. The first-order valence-electron chi connectivity index (χ1n) is 13.3. The van der Waals surface area contributed by atoms with E-state index in [0.717, 1.165) is 38.7 Å². The van der Waals surface area contributed by atoms with Crippen molar-refractivity contribution in [3.63, 3.8) is 0 Å². The predicted molar refractivity (Wildman–Crippen MR) is 161 cm³/mol. The largest absolute Gasteiger partial charge is 0.497 e. The lowest BCUT2D eigenvalue weighted by molar-refractivity contribution is -0.156. The number of fused-ring (bicyclic) bond motifs is 2. The van der Waals surface area contributed by atoms with Crippen LogP contribution in [0.2, 0.25) is 0 Å². The van der Waals surface area contributed by atoms with Gasteiger partial charge in [0.2, 0.25) is 0 Å². The second-order valence-electron chi connectivity index (χ2n) is 11.0. The Labute approximate surface area is 238 Å². The molecule has 4 aromatic rings. The quantitative estimate of drug-likeness (QED) is 0.228. The average Bonchev–Trinajstić information content (AvgIpc) is 3.52. The van der Waals surface area contributed by atoms with Crippen LogP contribution in [0.4, 0.5) is 0 Å². The van der Waals surface area contributed by atoms with Crippen LogP contribution in [0.3, 0.4) is 0 Å². The predicted octanol–water partition coefficient (Wildman–Crippen LogP) is 5.32. The Morgan fingerprint density at radius 2 is 1.44 bits per heavy atom. The molecule has 9 heteroatoms. The number of esters is 1. The van der Waals surface area contributed by atoms with Crippen molar-refractivity contribution >= 4 is 51.7 Å². The van der Waals surface area contributed by atoms with Gasteiger partial charge in [-0.3, -0.25) is 14.5 Å². The molecule has 1 aliphatic heterocycles. The van der Waals surface area contributed by atoms with E-state index in [1.165, 1.54) is 4.90 Å². The third kappa shape index (κ3) is 5.61. The molecule has 0 N–H and O–H groups in total. The molecule has 3 heterocycles. The van der Waals surface area contributed by atoms with Gasteiger partial charge in [-0.1, -0.05) is 0 Å². The number of ether oxygens (including phenoxy) is 3. The molecule has 0 bridgehead atoms. The number of aliphatic imine (C=N–C) groups is 1. The summed E-state index contributed by atoms with van der Waals surface area (Å²) in [5.41, 5.74) is 3.31. The summed E-state index contributed by atoms with van der Waals surface area (Å²) >= 11 is 0. The Hall–Kier alpha value is -4.79. The Morgan fingerprint density at radius 1 is 0.878 bits per heavy atom. The molecule has 0 saturated carbocycles. The summed E-state index contributed by atoms with van der Waals surface area (Å²) in [7, 11) is 7.16. The van der Waals surface area contributed by atoms with Crippen LogP contribution in [0.5, 0.6) is 11.5 Å². The summed E-state index contributed by atoms with van der Waals surface area (Å²) in [6, 6.07) is 11.7. The Kier molecular flexibility index (Phi) is 7.21. The monoisotopic (exact) mass is 554 g/mol. The molecule has 9 nitrogen and oxygen atoms in total. The molecule has 1 aliphatic rings. The van der Waals surface area contributed by atoms with Crippen molar-refractivity contribution < 1.29 is 23.8 Å². The summed E-state index contributed by atoms with van der Waals surface area (Å²) in [5.74, 6) is 0.916. The molecule has 0 radical (unpaired) electrons. The molecular weight excluding hydrogens is 520 g/mol. The molecule has 0 spiro atoms. The minimum atomic E-state index is -0.685. The molecule has 0 saturated heterocycles. The lowest BCUT2D eigenvalue weighted by atomic mass is 10.1. The van der Waals surface area contributed by atoms with Crippen LogP contribution < -0.4 is 9.47 Å². The minimum absolute atomic E-state index is 0.225. The van der Waals surface area contributed by atoms with Crippen LogP contribution in [0.1, 0.15) is 31.9 Å². The lowest BCUT2D eigenvalue weighted by Gasteiger charge is -2.22. The first kappa shape index (κ1) is 27.8. The van der Waals surface area contributed by atoms with Crippen LogP contribution in [0.15, 0.2) is 65.6 Å². The van der Waals surface area contributed by atoms with E-state index in [2.05, 4.69) is 4.99 Å². The van der Waals surface area contributed by atoms with Crippen LogP contribution in [-0.4, -0.2) is 58.1 Å². The Bertz CT molecular complexity index is 1760. The number of rotatable bonds is 7. The normalized spacial score (nSPS) is 15.0. The SMILES string of the molecule is COc1ccc2c(c1)c(/C=C1N=C(/C=C/c3cn(C)c4ccc(OC)cc34)N(CC(=O)OC(C)(C)C)C\1=O)cn2C. The maximum Gasteiger partial charge on any atom is 0.326 e. The van der Waals surface area contributed by atoms with Gasteiger partial charge in [0.1, 0.15) is 35.2 Å². The molecule has 0 fully saturated rings. The van der Waals surface area contributed by atoms with E-state index in [1.54, 1.807) is 47.1 Å². The summed E-state index contributed by atoms with van der Waals surface area (Å²) in [4.78, 5) is 32.5. The number of carbonyl (C=O) groups excluding carboxylic acids is 2. The minimum Gasteiger partial charge on any atom is -0.497 e.